The number of imidazole rings is 1. The third kappa shape index (κ3) is 3.71. The van der Waals surface area contributed by atoms with Crippen LogP contribution in [0.4, 0.5) is 5.69 Å². The number of hydrogen-bond donors (Lipinski definition) is 1. The SMILES string of the molecule is CCCCC(=O)Nc1cccc(-c2cn3cc(Cl)cc(Cl)c3n2)c1. The van der Waals surface area contributed by atoms with Gasteiger partial charge in [-0.1, -0.05) is 48.7 Å². The summed E-state index contributed by atoms with van der Waals surface area (Å²) in [5.74, 6) is 0.0267. The molecule has 3 aromatic rings. The van der Waals surface area contributed by atoms with Gasteiger partial charge in [-0.3, -0.25) is 4.79 Å². The number of nitrogens with zero attached hydrogens (tertiary/aromatic N) is 2. The molecular formula is C18H17Cl2N3O. The van der Waals surface area contributed by atoms with E-state index in [0.717, 1.165) is 29.8 Å². The van der Waals surface area contributed by atoms with Gasteiger partial charge >= 0.3 is 0 Å². The Balaban J connectivity index is 1.88. The Kier molecular flexibility index (Phi) is 5.07. The van der Waals surface area contributed by atoms with Crippen molar-refractivity contribution in [3.63, 3.8) is 0 Å². The minimum Gasteiger partial charge on any atom is -0.326 e. The van der Waals surface area contributed by atoms with E-state index in [2.05, 4.69) is 17.2 Å². The Hall–Kier alpha value is -2.04. The van der Waals surface area contributed by atoms with Gasteiger partial charge < -0.3 is 9.72 Å². The highest BCUT2D eigenvalue weighted by Gasteiger charge is 2.09. The molecule has 0 aliphatic rings. The molecule has 2 heterocycles. The van der Waals surface area contributed by atoms with Crippen LogP contribution in [-0.2, 0) is 4.79 Å². The van der Waals surface area contributed by atoms with Gasteiger partial charge in [0, 0.05) is 30.1 Å². The van der Waals surface area contributed by atoms with Crippen LogP contribution in [0.5, 0.6) is 0 Å². The summed E-state index contributed by atoms with van der Waals surface area (Å²) < 4.78 is 1.80. The lowest BCUT2D eigenvalue weighted by Gasteiger charge is -2.06. The van der Waals surface area contributed by atoms with E-state index < -0.39 is 0 Å². The molecule has 0 aliphatic carbocycles. The average Bonchev–Trinajstić information content (AvgIpc) is 2.97. The average molecular weight is 362 g/mol. The second-order valence-electron chi connectivity index (χ2n) is 5.60. The van der Waals surface area contributed by atoms with Crippen LogP contribution in [0.15, 0.2) is 42.7 Å². The zero-order valence-corrected chi connectivity index (χ0v) is 14.7. The van der Waals surface area contributed by atoms with Gasteiger partial charge in [-0.2, -0.15) is 0 Å². The molecule has 0 fully saturated rings. The number of hydrogen-bond acceptors (Lipinski definition) is 2. The van der Waals surface area contributed by atoms with E-state index in [1.54, 1.807) is 16.7 Å². The van der Waals surface area contributed by atoms with Gasteiger partial charge in [0.25, 0.3) is 0 Å². The number of benzene rings is 1. The number of anilines is 1. The molecule has 0 saturated heterocycles. The van der Waals surface area contributed by atoms with E-state index in [4.69, 9.17) is 23.2 Å². The molecule has 6 heteroatoms. The van der Waals surface area contributed by atoms with Crippen LogP contribution in [0.2, 0.25) is 10.0 Å². The standard InChI is InChI=1S/C18H17Cl2N3O/c1-2-3-7-17(24)21-14-6-4-5-12(8-14)16-11-23-10-13(19)9-15(20)18(23)22-16/h4-6,8-11H,2-3,7H2,1H3,(H,21,24). The summed E-state index contributed by atoms with van der Waals surface area (Å²) in [6.07, 6.45) is 6.04. The highest BCUT2D eigenvalue weighted by atomic mass is 35.5. The first-order chi connectivity index (χ1) is 11.6. The summed E-state index contributed by atoms with van der Waals surface area (Å²) in [6, 6.07) is 9.27. The summed E-state index contributed by atoms with van der Waals surface area (Å²) in [4.78, 5) is 16.4. The Morgan fingerprint density at radius 3 is 2.88 bits per heavy atom. The maximum Gasteiger partial charge on any atom is 0.224 e. The number of carbonyl (C=O) groups is 1. The van der Waals surface area contributed by atoms with Crippen molar-refractivity contribution in [1.82, 2.24) is 9.38 Å². The van der Waals surface area contributed by atoms with Crippen LogP contribution in [0, 0.1) is 0 Å². The van der Waals surface area contributed by atoms with Crippen LogP contribution in [0.1, 0.15) is 26.2 Å². The molecule has 1 amide bonds. The van der Waals surface area contributed by atoms with E-state index in [1.807, 2.05) is 30.5 Å². The lowest BCUT2D eigenvalue weighted by molar-refractivity contribution is -0.116. The molecule has 0 radical (unpaired) electrons. The largest absolute Gasteiger partial charge is 0.326 e. The number of unbranched alkanes of at least 4 members (excludes halogenated alkanes) is 1. The van der Waals surface area contributed by atoms with Crippen molar-refractivity contribution in [3.05, 3.63) is 52.8 Å². The minimum atomic E-state index is 0.0267. The molecule has 1 aromatic carbocycles. The topological polar surface area (TPSA) is 46.4 Å². The predicted octanol–water partition coefficient (Wildman–Crippen LogP) is 5.44. The van der Waals surface area contributed by atoms with Crippen LogP contribution < -0.4 is 5.32 Å². The fraction of sp³-hybridized carbons (Fsp3) is 0.222. The molecule has 2 aromatic heterocycles. The summed E-state index contributed by atoms with van der Waals surface area (Å²) in [5.41, 5.74) is 3.08. The van der Waals surface area contributed by atoms with Crippen LogP contribution in [0.25, 0.3) is 16.9 Å². The number of carbonyl (C=O) groups excluding carboxylic acids is 1. The minimum absolute atomic E-state index is 0.0267. The third-order valence-corrected chi connectivity index (χ3v) is 4.16. The summed E-state index contributed by atoms with van der Waals surface area (Å²) in [5, 5.41) is 3.97. The lowest BCUT2D eigenvalue weighted by Crippen LogP contribution is -2.10. The van der Waals surface area contributed by atoms with Crippen LogP contribution >= 0.6 is 23.2 Å². The molecule has 4 nitrogen and oxygen atoms in total. The first-order valence-corrected chi connectivity index (χ1v) is 8.56. The molecule has 1 N–H and O–H groups in total. The zero-order valence-electron chi connectivity index (χ0n) is 13.2. The second kappa shape index (κ2) is 7.24. The van der Waals surface area contributed by atoms with Crippen molar-refractivity contribution >= 4 is 40.4 Å². The number of halogens is 2. The van der Waals surface area contributed by atoms with E-state index in [-0.39, 0.29) is 5.91 Å². The molecule has 3 rings (SSSR count). The van der Waals surface area contributed by atoms with Crippen LogP contribution in [0.3, 0.4) is 0 Å². The first kappa shape index (κ1) is 16.8. The molecule has 0 spiro atoms. The summed E-state index contributed by atoms with van der Waals surface area (Å²) in [7, 11) is 0. The van der Waals surface area contributed by atoms with Gasteiger partial charge in [0.2, 0.25) is 5.91 Å². The van der Waals surface area contributed by atoms with Gasteiger partial charge in [-0.15, -0.1) is 0 Å². The quantitative estimate of drug-likeness (QED) is 0.657. The molecule has 0 atom stereocenters. The van der Waals surface area contributed by atoms with Crippen molar-refractivity contribution in [2.75, 3.05) is 5.32 Å². The lowest BCUT2D eigenvalue weighted by atomic mass is 10.1. The Labute approximate surface area is 150 Å². The maximum atomic E-state index is 11.9. The number of pyridine rings is 1. The maximum absolute atomic E-state index is 11.9. The van der Waals surface area contributed by atoms with Crippen molar-refractivity contribution < 1.29 is 4.79 Å². The molecule has 0 unspecified atom stereocenters. The highest BCUT2D eigenvalue weighted by molar-refractivity contribution is 6.36. The van der Waals surface area contributed by atoms with E-state index in [0.29, 0.717) is 22.1 Å². The van der Waals surface area contributed by atoms with Gasteiger partial charge in [-0.05, 0) is 24.6 Å². The van der Waals surface area contributed by atoms with Gasteiger partial charge in [0.1, 0.15) is 0 Å². The first-order valence-electron chi connectivity index (χ1n) is 7.81. The summed E-state index contributed by atoms with van der Waals surface area (Å²) in [6.45, 7) is 2.06. The smallest absolute Gasteiger partial charge is 0.224 e. The van der Waals surface area contributed by atoms with Gasteiger partial charge in [-0.25, -0.2) is 4.98 Å². The number of fused-ring (bicyclic) bond motifs is 1. The number of amides is 1. The zero-order chi connectivity index (χ0) is 17.1. The Bertz CT molecular complexity index is 889. The van der Waals surface area contributed by atoms with Crippen molar-refractivity contribution in [3.8, 4) is 11.3 Å². The Morgan fingerprint density at radius 1 is 1.25 bits per heavy atom. The van der Waals surface area contributed by atoms with E-state index >= 15 is 0 Å². The van der Waals surface area contributed by atoms with Crippen LogP contribution in [-0.4, -0.2) is 15.3 Å². The van der Waals surface area contributed by atoms with Gasteiger partial charge in [0.05, 0.1) is 15.7 Å². The molecule has 0 saturated carbocycles. The number of aromatic nitrogens is 2. The number of nitrogens with one attached hydrogen (secondary N) is 1. The molecular weight excluding hydrogens is 345 g/mol. The molecule has 0 bridgehead atoms. The van der Waals surface area contributed by atoms with Crippen molar-refractivity contribution in [2.45, 2.75) is 26.2 Å². The fourth-order valence-corrected chi connectivity index (χ4v) is 3.01. The molecule has 124 valence electrons. The third-order valence-electron chi connectivity index (χ3n) is 3.67. The molecule has 0 aliphatic heterocycles. The monoisotopic (exact) mass is 361 g/mol. The van der Waals surface area contributed by atoms with E-state index in [1.165, 1.54) is 0 Å². The Morgan fingerprint density at radius 2 is 2.08 bits per heavy atom. The van der Waals surface area contributed by atoms with Crippen molar-refractivity contribution in [2.24, 2.45) is 0 Å². The normalized spacial score (nSPS) is 11.0. The van der Waals surface area contributed by atoms with E-state index in [9.17, 15) is 4.79 Å². The second-order valence-corrected chi connectivity index (χ2v) is 6.44. The fourth-order valence-electron chi connectivity index (χ4n) is 2.48. The highest BCUT2D eigenvalue weighted by Crippen LogP contribution is 2.27. The molecule has 24 heavy (non-hydrogen) atoms. The summed E-state index contributed by atoms with van der Waals surface area (Å²) >= 11 is 12.2. The predicted molar refractivity (Wildman–Crippen MR) is 98.8 cm³/mol. The van der Waals surface area contributed by atoms with Crippen molar-refractivity contribution in [1.29, 1.82) is 0 Å². The van der Waals surface area contributed by atoms with Gasteiger partial charge in [0.15, 0.2) is 5.65 Å². The number of rotatable bonds is 5.